The van der Waals surface area contributed by atoms with E-state index in [-0.39, 0.29) is 10.9 Å². The highest BCUT2D eigenvalue weighted by molar-refractivity contribution is 7.89. The molecular formula is C17H16F3N3O2S. The topological polar surface area (TPSA) is 75.8 Å². The summed E-state index contributed by atoms with van der Waals surface area (Å²) in [5.41, 5.74) is 1.43. The van der Waals surface area contributed by atoms with Crippen molar-refractivity contribution in [3.8, 4) is 0 Å². The lowest BCUT2D eigenvalue weighted by atomic mass is 10.0. The highest BCUT2D eigenvalue weighted by atomic mass is 32.2. The van der Waals surface area contributed by atoms with Crippen LogP contribution in [0, 0.1) is 0 Å². The molecule has 0 saturated heterocycles. The highest BCUT2D eigenvalue weighted by Crippen LogP contribution is 2.37. The van der Waals surface area contributed by atoms with Gasteiger partial charge < -0.3 is 0 Å². The van der Waals surface area contributed by atoms with Crippen molar-refractivity contribution < 1.29 is 21.6 Å². The van der Waals surface area contributed by atoms with Crippen molar-refractivity contribution in [2.24, 2.45) is 10.2 Å². The number of hydrazone groups is 1. The zero-order valence-corrected chi connectivity index (χ0v) is 14.6. The Kier molecular flexibility index (Phi) is 4.53. The number of alkyl halides is 3. The number of nitrogens with two attached hydrogens (primary N) is 1. The van der Waals surface area contributed by atoms with Crippen molar-refractivity contribution in [3.05, 3.63) is 59.7 Å². The monoisotopic (exact) mass is 383 g/mol. The molecule has 1 aliphatic rings. The fraction of sp³-hybridized carbons (Fsp3) is 0.235. The lowest BCUT2D eigenvalue weighted by Crippen LogP contribution is -2.19. The third kappa shape index (κ3) is 3.73. The van der Waals surface area contributed by atoms with Crippen LogP contribution >= 0.6 is 0 Å². The lowest BCUT2D eigenvalue weighted by molar-refractivity contribution is -0.137. The molecule has 0 saturated carbocycles. The van der Waals surface area contributed by atoms with Crippen molar-refractivity contribution in [2.75, 3.05) is 5.01 Å². The van der Waals surface area contributed by atoms with Gasteiger partial charge in [0.2, 0.25) is 10.0 Å². The molecule has 5 nitrogen and oxygen atoms in total. The molecule has 3 rings (SSSR count). The standard InChI is InChI=1S/C17H16F3N3O2S/c1-11-10-16(12-2-4-13(5-3-12)17(18,19)20)23(22-11)14-6-8-15(9-7-14)26(21,24)25/h2-9,16H,10H2,1H3,(H2,21,24,25). The lowest BCUT2D eigenvalue weighted by Gasteiger charge is -2.24. The minimum absolute atomic E-state index is 0.0211. The van der Waals surface area contributed by atoms with Crippen LogP contribution in [0.2, 0.25) is 0 Å². The fourth-order valence-electron chi connectivity index (χ4n) is 2.84. The molecule has 0 fully saturated rings. The van der Waals surface area contributed by atoms with E-state index in [1.54, 1.807) is 17.1 Å². The number of benzene rings is 2. The summed E-state index contributed by atoms with van der Waals surface area (Å²) < 4.78 is 60.9. The Morgan fingerprint density at radius 1 is 1.08 bits per heavy atom. The van der Waals surface area contributed by atoms with Gasteiger partial charge in [0, 0.05) is 12.1 Å². The van der Waals surface area contributed by atoms with Crippen LogP contribution in [-0.2, 0) is 16.2 Å². The van der Waals surface area contributed by atoms with Gasteiger partial charge in [-0.3, -0.25) is 5.01 Å². The Bertz CT molecular complexity index is 937. The van der Waals surface area contributed by atoms with E-state index in [1.165, 1.54) is 24.3 Å². The number of primary sulfonamides is 1. The van der Waals surface area contributed by atoms with Crippen molar-refractivity contribution in [1.82, 2.24) is 0 Å². The molecule has 9 heteroatoms. The molecule has 0 aromatic heterocycles. The summed E-state index contributed by atoms with van der Waals surface area (Å²) in [5, 5.41) is 11.2. The quantitative estimate of drug-likeness (QED) is 0.878. The number of hydrogen-bond acceptors (Lipinski definition) is 4. The molecule has 1 atom stereocenters. The maximum atomic E-state index is 12.7. The van der Waals surface area contributed by atoms with E-state index in [9.17, 15) is 21.6 Å². The second kappa shape index (κ2) is 6.40. The first-order chi connectivity index (χ1) is 12.1. The molecule has 2 aromatic carbocycles. The third-order valence-electron chi connectivity index (χ3n) is 4.12. The van der Waals surface area contributed by atoms with E-state index in [2.05, 4.69) is 5.10 Å². The van der Waals surface area contributed by atoms with Crippen molar-refractivity contribution in [1.29, 1.82) is 0 Å². The Balaban J connectivity index is 1.91. The van der Waals surface area contributed by atoms with Crippen LogP contribution in [-0.4, -0.2) is 14.1 Å². The van der Waals surface area contributed by atoms with E-state index in [1.807, 2.05) is 6.92 Å². The van der Waals surface area contributed by atoms with Crippen LogP contribution in [0.5, 0.6) is 0 Å². The molecule has 0 spiro atoms. The van der Waals surface area contributed by atoms with Gasteiger partial charge in [-0.25, -0.2) is 13.6 Å². The zero-order valence-electron chi connectivity index (χ0n) is 13.7. The van der Waals surface area contributed by atoms with Gasteiger partial charge in [-0.05, 0) is 48.9 Å². The minimum atomic E-state index is -4.39. The summed E-state index contributed by atoms with van der Waals surface area (Å²) in [6.45, 7) is 1.83. The van der Waals surface area contributed by atoms with Gasteiger partial charge in [-0.1, -0.05) is 12.1 Å². The number of rotatable bonds is 3. The molecule has 0 bridgehead atoms. The normalized spacial score (nSPS) is 18.1. The van der Waals surface area contributed by atoms with Crippen LogP contribution in [0.15, 0.2) is 58.5 Å². The fourth-order valence-corrected chi connectivity index (χ4v) is 3.36. The summed E-state index contributed by atoms with van der Waals surface area (Å²) in [6.07, 6.45) is -3.83. The number of anilines is 1. The maximum Gasteiger partial charge on any atom is 0.416 e. The first kappa shape index (κ1) is 18.4. The average Bonchev–Trinajstić information content (AvgIpc) is 2.95. The Morgan fingerprint density at radius 3 is 2.15 bits per heavy atom. The molecule has 138 valence electrons. The predicted octanol–water partition coefficient (Wildman–Crippen LogP) is 3.68. The molecule has 1 heterocycles. The van der Waals surface area contributed by atoms with E-state index in [4.69, 9.17) is 5.14 Å². The number of halogens is 3. The summed E-state index contributed by atoms with van der Waals surface area (Å²) >= 11 is 0. The highest BCUT2D eigenvalue weighted by Gasteiger charge is 2.32. The Labute approximate surface area is 149 Å². The van der Waals surface area contributed by atoms with Crippen LogP contribution < -0.4 is 10.1 Å². The SMILES string of the molecule is CC1=NN(c2ccc(S(N)(=O)=O)cc2)C(c2ccc(C(F)(F)F)cc2)C1. The summed E-state index contributed by atoms with van der Waals surface area (Å²) in [7, 11) is -3.80. The van der Waals surface area contributed by atoms with Crippen LogP contribution in [0.3, 0.4) is 0 Å². The second-order valence-electron chi connectivity index (χ2n) is 6.06. The van der Waals surface area contributed by atoms with E-state index >= 15 is 0 Å². The Morgan fingerprint density at radius 2 is 1.65 bits per heavy atom. The van der Waals surface area contributed by atoms with Crippen molar-refractivity contribution in [2.45, 2.75) is 30.5 Å². The summed E-state index contributed by atoms with van der Waals surface area (Å²) in [6, 6.07) is 10.6. The van der Waals surface area contributed by atoms with Crippen molar-refractivity contribution in [3.63, 3.8) is 0 Å². The number of nitrogens with zero attached hydrogens (tertiary/aromatic N) is 2. The molecular weight excluding hydrogens is 367 g/mol. The molecule has 2 aromatic rings. The average molecular weight is 383 g/mol. The maximum absolute atomic E-state index is 12.7. The second-order valence-corrected chi connectivity index (χ2v) is 7.62. The van der Waals surface area contributed by atoms with Gasteiger partial charge in [-0.2, -0.15) is 18.3 Å². The van der Waals surface area contributed by atoms with Gasteiger partial charge in [0.25, 0.3) is 0 Å². The van der Waals surface area contributed by atoms with Crippen LogP contribution in [0.1, 0.15) is 30.5 Å². The predicted molar refractivity (Wildman–Crippen MR) is 92.2 cm³/mol. The molecule has 2 N–H and O–H groups in total. The molecule has 1 aliphatic heterocycles. The zero-order chi connectivity index (χ0) is 19.1. The van der Waals surface area contributed by atoms with Gasteiger partial charge in [0.1, 0.15) is 0 Å². The van der Waals surface area contributed by atoms with Crippen LogP contribution in [0.4, 0.5) is 18.9 Å². The summed E-state index contributed by atoms with van der Waals surface area (Å²) in [5.74, 6) is 0. The molecule has 1 unspecified atom stereocenters. The molecule has 0 aliphatic carbocycles. The van der Waals surface area contributed by atoms with Gasteiger partial charge in [0.15, 0.2) is 0 Å². The van der Waals surface area contributed by atoms with Gasteiger partial charge >= 0.3 is 6.18 Å². The molecule has 0 radical (unpaired) electrons. The Hall–Kier alpha value is -2.39. The summed E-state index contributed by atoms with van der Waals surface area (Å²) in [4.78, 5) is -0.0211. The minimum Gasteiger partial charge on any atom is -0.258 e. The van der Waals surface area contributed by atoms with Gasteiger partial charge in [-0.15, -0.1) is 0 Å². The smallest absolute Gasteiger partial charge is 0.258 e. The number of sulfonamides is 1. The van der Waals surface area contributed by atoms with E-state index in [0.29, 0.717) is 17.7 Å². The van der Waals surface area contributed by atoms with Gasteiger partial charge in [0.05, 0.1) is 22.2 Å². The molecule has 0 amide bonds. The first-order valence-corrected chi connectivity index (χ1v) is 9.24. The molecule has 26 heavy (non-hydrogen) atoms. The number of hydrogen-bond donors (Lipinski definition) is 1. The third-order valence-corrected chi connectivity index (χ3v) is 5.04. The van der Waals surface area contributed by atoms with E-state index in [0.717, 1.165) is 17.8 Å². The largest absolute Gasteiger partial charge is 0.416 e. The van der Waals surface area contributed by atoms with Crippen molar-refractivity contribution >= 4 is 21.4 Å². The first-order valence-electron chi connectivity index (χ1n) is 7.69. The van der Waals surface area contributed by atoms with E-state index < -0.39 is 21.8 Å². The van der Waals surface area contributed by atoms with Crippen LogP contribution in [0.25, 0.3) is 0 Å².